The number of nitrogens with zero attached hydrogens (tertiary/aromatic N) is 3. The van der Waals surface area contributed by atoms with Crippen LogP contribution in [0.3, 0.4) is 0 Å². The Morgan fingerprint density at radius 1 is 1.29 bits per heavy atom. The molecule has 0 bridgehead atoms. The first kappa shape index (κ1) is 15.7. The highest BCUT2D eigenvalue weighted by Crippen LogP contribution is 2.10. The average Bonchev–Trinajstić information content (AvgIpc) is 2.98. The summed E-state index contributed by atoms with van der Waals surface area (Å²) in [5.74, 6) is 0.463. The first-order chi connectivity index (χ1) is 9.91. The van der Waals surface area contributed by atoms with Crippen LogP contribution in [0.1, 0.15) is 5.76 Å². The summed E-state index contributed by atoms with van der Waals surface area (Å²) in [6, 6.07) is 3.50. The summed E-state index contributed by atoms with van der Waals surface area (Å²) in [4.78, 5) is 13.6. The van der Waals surface area contributed by atoms with Gasteiger partial charge in [-0.25, -0.2) is 0 Å². The lowest BCUT2D eigenvalue weighted by Gasteiger charge is -2.34. The molecule has 1 aliphatic rings. The standard InChI is InChI=1S/C13H19N3O4S/c1-14(2)21(18,19)16-9-7-15(8-10-16)13(17)6-5-12-4-3-11-20-12/h3-6,11H,7-10H2,1-2H3. The molecule has 2 rings (SSSR count). The molecule has 2 heterocycles. The monoisotopic (exact) mass is 313 g/mol. The minimum Gasteiger partial charge on any atom is -0.465 e. The molecule has 1 aromatic heterocycles. The van der Waals surface area contributed by atoms with Gasteiger partial charge in [-0.3, -0.25) is 4.79 Å². The third-order valence-electron chi connectivity index (χ3n) is 3.27. The highest BCUT2D eigenvalue weighted by Gasteiger charge is 2.29. The molecule has 0 N–H and O–H groups in total. The van der Waals surface area contributed by atoms with Gasteiger partial charge < -0.3 is 9.32 Å². The van der Waals surface area contributed by atoms with E-state index >= 15 is 0 Å². The molecule has 0 saturated carbocycles. The summed E-state index contributed by atoms with van der Waals surface area (Å²) in [5.41, 5.74) is 0. The Labute approximate surface area is 124 Å². The van der Waals surface area contributed by atoms with Gasteiger partial charge in [-0.1, -0.05) is 0 Å². The first-order valence-corrected chi connectivity index (χ1v) is 7.99. The summed E-state index contributed by atoms with van der Waals surface area (Å²) in [6.07, 6.45) is 4.58. The quantitative estimate of drug-likeness (QED) is 0.747. The van der Waals surface area contributed by atoms with Crippen molar-refractivity contribution < 1.29 is 17.6 Å². The van der Waals surface area contributed by atoms with Gasteiger partial charge in [-0.15, -0.1) is 0 Å². The fourth-order valence-corrected chi connectivity index (χ4v) is 3.10. The second-order valence-electron chi connectivity index (χ2n) is 4.86. The Morgan fingerprint density at radius 2 is 1.95 bits per heavy atom. The Kier molecular flexibility index (Phi) is 4.81. The van der Waals surface area contributed by atoms with Crippen molar-refractivity contribution in [2.24, 2.45) is 0 Å². The molecular formula is C13H19N3O4S. The van der Waals surface area contributed by atoms with Crippen LogP contribution < -0.4 is 0 Å². The predicted molar refractivity (Wildman–Crippen MR) is 78.5 cm³/mol. The van der Waals surface area contributed by atoms with Gasteiger partial charge in [-0.2, -0.15) is 17.0 Å². The fraction of sp³-hybridized carbons (Fsp3) is 0.462. The van der Waals surface area contributed by atoms with Crippen molar-refractivity contribution >= 4 is 22.2 Å². The lowest BCUT2D eigenvalue weighted by Crippen LogP contribution is -2.52. The highest BCUT2D eigenvalue weighted by molar-refractivity contribution is 7.86. The number of carbonyl (C=O) groups is 1. The molecule has 0 radical (unpaired) electrons. The van der Waals surface area contributed by atoms with Gasteiger partial charge >= 0.3 is 0 Å². The summed E-state index contributed by atoms with van der Waals surface area (Å²) in [7, 11) is -0.403. The molecule has 21 heavy (non-hydrogen) atoms. The third-order valence-corrected chi connectivity index (χ3v) is 5.21. The van der Waals surface area contributed by atoms with Crippen LogP contribution in [0, 0.1) is 0 Å². The molecule has 7 nitrogen and oxygen atoms in total. The maximum Gasteiger partial charge on any atom is 0.281 e. The predicted octanol–water partition coefficient (Wildman–Crippen LogP) is 0.243. The van der Waals surface area contributed by atoms with Crippen molar-refractivity contribution in [3.05, 3.63) is 30.2 Å². The van der Waals surface area contributed by atoms with Crippen LogP contribution in [0.4, 0.5) is 0 Å². The molecule has 8 heteroatoms. The molecule has 0 aromatic carbocycles. The number of hydrogen-bond acceptors (Lipinski definition) is 4. The van der Waals surface area contributed by atoms with E-state index < -0.39 is 10.2 Å². The van der Waals surface area contributed by atoms with Crippen molar-refractivity contribution in [3.8, 4) is 0 Å². The van der Waals surface area contributed by atoms with E-state index in [1.54, 1.807) is 23.1 Å². The third kappa shape index (κ3) is 3.72. The van der Waals surface area contributed by atoms with Crippen LogP contribution in [0.25, 0.3) is 6.08 Å². The van der Waals surface area contributed by atoms with E-state index in [9.17, 15) is 13.2 Å². The van der Waals surface area contributed by atoms with Gasteiger partial charge in [0.25, 0.3) is 10.2 Å². The highest BCUT2D eigenvalue weighted by atomic mass is 32.2. The van der Waals surface area contributed by atoms with E-state index in [4.69, 9.17) is 4.42 Å². The van der Waals surface area contributed by atoms with Crippen molar-refractivity contribution in [2.75, 3.05) is 40.3 Å². The molecule has 0 spiro atoms. The van der Waals surface area contributed by atoms with E-state index in [1.807, 2.05) is 0 Å². The van der Waals surface area contributed by atoms with Crippen LogP contribution in [0.2, 0.25) is 0 Å². The maximum absolute atomic E-state index is 12.0. The molecule has 116 valence electrons. The Bertz CT molecular complexity index is 599. The number of carbonyl (C=O) groups excluding carboxylic acids is 1. The van der Waals surface area contributed by atoms with Gasteiger partial charge in [-0.05, 0) is 18.2 Å². The van der Waals surface area contributed by atoms with Crippen LogP contribution in [0.15, 0.2) is 28.9 Å². The Hall–Kier alpha value is -1.64. The van der Waals surface area contributed by atoms with Crippen LogP contribution in [-0.4, -0.2) is 68.1 Å². The van der Waals surface area contributed by atoms with Gasteiger partial charge in [0.05, 0.1) is 6.26 Å². The smallest absolute Gasteiger partial charge is 0.281 e. The molecule has 1 fully saturated rings. The van der Waals surface area contributed by atoms with Gasteiger partial charge in [0.2, 0.25) is 5.91 Å². The van der Waals surface area contributed by atoms with Crippen molar-refractivity contribution in [3.63, 3.8) is 0 Å². The second-order valence-corrected chi connectivity index (χ2v) is 7.01. The topological polar surface area (TPSA) is 74.1 Å². The number of hydrogen-bond donors (Lipinski definition) is 0. The lowest BCUT2D eigenvalue weighted by molar-refractivity contribution is -0.127. The molecule has 0 unspecified atom stereocenters. The van der Waals surface area contributed by atoms with E-state index in [0.717, 1.165) is 0 Å². The summed E-state index contributed by atoms with van der Waals surface area (Å²) in [5, 5.41) is 0. The van der Waals surface area contributed by atoms with Crippen molar-refractivity contribution in [2.45, 2.75) is 0 Å². The average molecular weight is 313 g/mol. The minimum absolute atomic E-state index is 0.145. The molecule has 1 aromatic rings. The van der Waals surface area contributed by atoms with Crippen molar-refractivity contribution in [1.29, 1.82) is 0 Å². The van der Waals surface area contributed by atoms with Crippen LogP contribution in [-0.2, 0) is 15.0 Å². The van der Waals surface area contributed by atoms with Crippen LogP contribution >= 0.6 is 0 Å². The number of rotatable bonds is 4. The first-order valence-electron chi connectivity index (χ1n) is 6.59. The van der Waals surface area contributed by atoms with Crippen LogP contribution in [0.5, 0.6) is 0 Å². The fourth-order valence-electron chi connectivity index (χ4n) is 2.02. The summed E-state index contributed by atoms with van der Waals surface area (Å²) in [6.45, 7) is 1.38. The zero-order valence-electron chi connectivity index (χ0n) is 12.1. The van der Waals surface area contributed by atoms with Gasteiger partial charge in [0, 0.05) is 46.4 Å². The number of furan rings is 1. The Morgan fingerprint density at radius 3 is 2.48 bits per heavy atom. The largest absolute Gasteiger partial charge is 0.465 e. The van der Waals surface area contributed by atoms with E-state index in [0.29, 0.717) is 31.9 Å². The van der Waals surface area contributed by atoms with Gasteiger partial charge in [0.1, 0.15) is 5.76 Å². The van der Waals surface area contributed by atoms with E-state index in [2.05, 4.69) is 0 Å². The summed E-state index contributed by atoms with van der Waals surface area (Å²) < 4.78 is 31.6. The molecular weight excluding hydrogens is 294 g/mol. The zero-order chi connectivity index (χ0) is 15.5. The number of amides is 1. The summed E-state index contributed by atoms with van der Waals surface area (Å²) >= 11 is 0. The maximum atomic E-state index is 12.0. The lowest BCUT2D eigenvalue weighted by atomic mass is 10.3. The molecule has 1 saturated heterocycles. The number of piperazine rings is 1. The second kappa shape index (κ2) is 6.42. The normalized spacial score (nSPS) is 17.8. The van der Waals surface area contributed by atoms with E-state index in [-0.39, 0.29) is 5.91 Å². The molecule has 1 amide bonds. The zero-order valence-corrected chi connectivity index (χ0v) is 12.9. The molecule has 0 aliphatic carbocycles. The SMILES string of the molecule is CN(C)S(=O)(=O)N1CCN(C(=O)C=Cc2ccco2)CC1. The van der Waals surface area contributed by atoms with Gasteiger partial charge in [0.15, 0.2) is 0 Å². The van der Waals surface area contributed by atoms with E-state index in [1.165, 1.54) is 35.0 Å². The molecule has 0 atom stereocenters. The Balaban J connectivity index is 1.91. The molecule has 1 aliphatic heterocycles. The van der Waals surface area contributed by atoms with Crippen molar-refractivity contribution in [1.82, 2.24) is 13.5 Å². The minimum atomic E-state index is -3.40.